The first-order chi connectivity index (χ1) is 6.89. The van der Waals surface area contributed by atoms with Crippen molar-refractivity contribution < 1.29 is 4.79 Å². The molecule has 0 fully saturated rings. The third kappa shape index (κ3) is 3.74. The molecule has 0 aliphatic carbocycles. The van der Waals surface area contributed by atoms with E-state index in [1.807, 2.05) is 45.0 Å². The van der Waals surface area contributed by atoms with Crippen molar-refractivity contribution in [3.8, 4) is 0 Å². The lowest BCUT2D eigenvalue weighted by molar-refractivity contribution is -0.126. The average Bonchev–Trinajstić information content (AvgIpc) is 2.12. The van der Waals surface area contributed by atoms with Gasteiger partial charge in [0.1, 0.15) is 5.78 Å². The van der Waals surface area contributed by atoms with Crippen molar-refractivity contribution in [3.05, 3.63) is 29.8 Å². The zero-order valence-corrected chi connectivity index (χ0v) is 9.71. The van der Waals surface area contributed by atoms with Crippen LogP contribution >= 0.6 is 0 Å². The Labute approximate surface area is 91.5 Å². The monoisotopic (exact) mass is 205 g/mol. The molecule has 15 heavy (non-hydrogen) atoms. The highest BCUT2D eigenvalue weighted by molar-refractivity contribution is 5.83. The first kappa shape index (κ1) is 11.8. The lowest BCUT2D eigenvalue weighted by Gasteiger charge is -2.16. The highest BCUT2D eigenvalue weighted by Crippen LogP contribution is 2.18. The molecule has 82 valence electrons. The van der Waals surface area contributed by atoms with Crippen molar-refractivity contribution in [1.82, 2.24) is 0 Å². The summed E-state index contributed by atoms with van der Waals surface area (Å²) in [5.74, 6) is 0.296. The van der Waals surface area contributed by atoms with E-state index in [0.29, 0.717) is 12.2 Å². The van der Waals surface area contributed by atoms with Gasteiger partial charge in [0.25, 0.3) is 0 Å². The number of Topliss-reactive ketones (excluding diaryl/α,β-unsaturated/α-hetero) is 1. The molecule has 0 atom stereocenters. The van der Waals surface area contributed by atoms with E-state index in [1.165, 1.54) is 0 Å². The van der Waals surface area contributed by atoms with E-state index in [9.17, 15) is 4.79 Å². The second-order valence-electron chi connectivity index (χ2n) is 4.92. The molecule has 2 heteroatoms. The largest absolute Gasteiger partial charge is 0.399 e. The quantitative estimate of drug-likeness (QED) is 0.771. The topological polar surface area (TPSA) is 43.1 Å². The van der Waals surface area contributed by atoms with Crippen LogP contribution in [0.15, 0.2) is 24.3 Å². The van der Waals surface area contributed by atoms with Crippen LogP contribution in [0.5, 0.6) is 0 Å². The number of benzene rings is 1. The van der Waals surface area contributed by atoms with E-state index in [4.69, 9.17) is 5.73 Å². The summed E-state index contributed by atoms with van der Waals surface area (Å²) in [7, 11) is 0. The fourth-order valence-electron chi connectivity index (χ4n) is 1.38. The Morgan fingerprint density at radius 3 is 2.53 bits per heavy atom. The fourth-order valence-corrected chi connectivity index (χ4v) is 1.38. The highest BCUT2D eigenvalue weighted by atomic mass is 16.1. The third-order valence-corrected chi connectivity index (χ3v) is 2.43. The van der Waals surface area contributed by atoms with E-state index in [2.05, 4.69) is 0 Å². The van der Waals surface area contributed by atoms with Crippen molar-refractivity contribution in [2.75, 3.05) is 5.73 Å². The number of carbonyl (C=O) groups excluding carboxylic acids is 1. The van der Waals surface area contributed by atoms with Gasteiger partial charge in [0.15, 0.2) is 0 Å². The number of anilines is 1. The molecule has 0 radical (unpaired) electrons. The molecular formula is C13H19NO. The number of carbonyl (C=O) groups is 1. The maximum Gasteiger partial charge on any atom is 0.138 e. The van der Waals surface area contributed by atoms with Crippen LogP contribution in [0.1, 0.15) is 32.8 Å². The molecule has 0 bridgehead atoms. The van der Waals surface area contributed by atoms with Gasteiger partial charge in [-0.15, -0.1) is 0 Å². The van der Waals surface area contributed by atoms with Crippen molar-refractivity contribution >= 4 is 11.5 Å². The number of hydrogen-bond acceptors (Lipinski definition) is 2. The molecule has 0 amide bonds. The van der Waals surface area contributed by atoms with Gasteiger partial charge >= 0.3 is 0 Å². The van der Waals surface area contributed by atoms with E-state index >= 15 is 0 Å². The minimum atomic E-state index is -0.236. The number of ketones is 1. The molecule has 0 saturated heterocycles. The normalized spacial score (nSPS) is 11.4. The summed E-state index contributed by atoms with van der Waals surface area (Å²) < 4.78 is 0. The Bertz CT molecular complexity index is 350. The summed E-state index contributed by atoms with van der Waals surface area (Å²) in [6, 6.07) is 7.71. The maximum absolute atomic E-state index is 11.7. The van der Waals surface area contributed by atoms with Gasteiger partial charge in [-0.3, -0.25) is 4.79 Å². The zero-order chi connectivity index (χ0) is 11.5. The average molecular weight is 205 g/mol. The van der Waals surface area contributed by atoms with Crippen LogP contribution in [0, 0.1) is 5.41 Å². The number of rotatable bonds is 3. The van der Waals surface area contributed by atoms with Crippen molar-refractivity contribution in [2.45, 2.75) is 33.6 Å². The van der Waals surface area contributed by atoms with Crippen LogP contribution in [0.3, 0.4) is 0 Å². The van der Waals surface area contributed by atoms with Crippen molar-refractivity contribution in [1.29, 1.82) is 0 Å². The van der Waals surface area contributed by atoms with Crippen LogP contribution in [0.25, 0.3) is 0 Å². The second kappa shape index (κ2) is 4.47. The summed E-state index contributed by atoms with van der Waals surface area (Å²) >= 11 is 0. The number of aryl methyl sites for hydroxylation is 1. The molecule has 0 spiro atoms. The Morgan fingerprint density at radius 2 is 2.00 bits per heavy atom. The molecule has 2 nitrogen and oxygen atoms in total. The Kier molecular flexibility index (Phi) is 3.51. The third-order valence-electron chi connectivity index (χ3n) is 2.43. The SMILES string of the molecule is CC(C)(C)C(=O)CCc1cccc(N)c1. The number of nitrogen functional groups attached to an aromatic ring is 1. The van der Waals surface area contributed by atoms with Crippen LogP contribution in [-0.4, -0.2) is 5.78 Å². The molecule has 0 aliphatic rings. The molecule has 2 N–H and O–H groups in total. The van der Waals surface area contributed by atoms with Crippen molar-refractivity contribution in [3.63, 3.8) is 0 Å². The van der Waals surface area contributed by atoms with Crippen LogP contribution in [0.4, 0.5) is 5.69 Å². The summed E-state index contributed by atoms with van der Waals surface area (Å²) in [6.07, 6.45) is 1.37. The van der Waals surface area contributed by atoms with E-state index < -0.39 is 0 Å². The summed E-state index contributed by atoms with van der Waals surface area (Å²) in [5.41, 5.74) is 7.32. The van der Waals surface area contributed by atoms with Crippen LogP contribution in [0.2, 0.25) is 0 Å². The first-order valence-corrected chi connectivity index (χ1v) is 5.27. The minimum absolute atomic E-state index is 0.236. The van der Waals surface area contributed by atoms with Gasteiger partial charge in [-0.2, -0.15) is 0 Å². The minimum Gasteiger partial charge on any atom is -0.399 e. The lowest BCUT2D eigenvalue weighted by atomic mass is 9.87. The van der Waals surface area contributed by atoms with E-state index in [-0.39, 0.29) is 5.41 Å². The molecule has 0 unspecified atom stereocenters. The standard InChI is InChI=1S/C13H19NO/c1-13(2,3)12(15)8-7-10-5-4-6-11(14)9-10/h4-6,9H,7-8,14H2,1-3H3. The van der Waals surface area contributed by atoms with E-state index in [0.717, 1.165) is 17.7 Å². The maximum atomic E-state index is 11.7. The molecule has 0 aromatic heterocycles. The first-order valence-electron chi connectivity index (χ1n) is 5.27. The number of hydrogen-bond donors (Lipinski definition) is 1. The predicted molar refractivity (Wildman–Crippen MR) is 63.6 cm³/mol. The number of nitrogens with two attached hydrogens (primary N) is 1. The molecule has 0 aliphatic heterocycles. The van der Waals surface area contributed by atoms with Gasteiger partial charge in [0, 0.05) is 17.5 Å². The van der Waals surface area contributed by atoms with Gasteiger partial charge in [-0.1, -0.05) is 32.9 Å². The molecule has 1 aromatic carbocycles. The van der Waals surface area contributed by atoms with E-state index in [1.54, 1.807) is 0 Å². The molecule has 0 saturated carbocycles. The summed E-state index contributed by atoms with van der Waals surface area (Å²) in [4.78, 5) is 11.7. The highest BCUT2D eigenvalue weighted by Gasteiger charge is 2.20. The van der Waals surface area contributed by atoms with Gasteiger partial charge in [-0.25, -0.2) is 0 Å². The molecule has 1 aromatic rings. The summed E-state index contributed by atoms with van der Waals surface area (Å²) in [5, 5.41) is 0. The zero-order valence-electron chi connectivity index (χ0n) is 9.71. The Morgan fingerprint density at radius 1 is 1.33 bits per heavy atom. The van der Waals surface area contributed by atoms with Crippen LogP contribution < -0.4 is 5.73 Å². The smallest absolute Gasteiger partial charge is 0.138 e. The van der Waals surface area contributed by atoms with Gasteiger partial charge < -0.3 is 5.73 Å². The molecule has 0 heterocycles. The fraction of sp³-hybridized carbons (Fsp3) is 0.462. The van der Waals surface area contributed by atoms with Crippen molar-refractivity contribution in [2.24, 2.45) is 5.41 Å². The Balaban J connectivity index is 2.55. The predicted octanol–water partition coefficient (Wildman–Crippen LogP) is 2.82. The second-order valence-corrected chi connectivity index (χ2v) is 4.92. The lowest BCUT2D eigenvalue weighted by Crippen LogP contribution is -2.20. The van der Waals surface area contributed by atoms with Gasteiger partial charge in [0.05, 0.1) is 0 Å². The van der Waals surface area contributed by atoms with Gasteiger partial charge in [-0.05, 0) is 24.1 Å². The Hall–Kier alpha value is -1.31. The summed E-state index contributed by atoms with van der Waals surface area (Å²) in [6.45, 7) is 5.86. The molecule has 1 rings (SSSR count). The van der Waals surface area contributed by atoms with Crippen LogP contribution in [-0.2, 0) is 11.2 Å². The molecular weight excluding hydrogens is 186 g/mol. The van der Waals surface area contributed by atoms with Gasteiger partial charge in [0.2, 0.25) is 0 Å².